The van der Waals surface area contributed by atoms with Gasteiger partial charge in [-0.3, -0.25) is 0 Å². The summed E-state index contributed by atoms with van der Waals surface area (Å²) in [6.45, 7) is 1.60. The Morgan fingerprint density at radius 2 is 2.33 bits per heavy atom. The third-order valence-electron chi connectivity index (χ3n) is 2.03. The Balaban J connectivity index is 2.35. The monoisotopic (exact) mass is 271 g/mol. The molecule has 0 bridgehead atoms. The van der Waals surface area contributed by atoms with Crippen LogP contribution in [0.1, 0.15) is 6.92 Å². The van der Waals surface area contributed by atoms with Crippen molar-refractivity contribution in [2.75, 3.05) is 5.32 Å². The first-order valence-electron chi connectivity index (χ1n) is 4.39. The number of benzene rings is 1. The summed E-state index contributed by atoms with van der Waals surface area (Å²) < 4.78 is 8.47. The van der Waals surface area contributed by atoms with Crippen molar-refractivity contribution in [2.24, 2.45) is 0 Å². The normalized spacial score (nSPS) is 12.6. The molecule has 78 valence electrons. The Labute approximate surface area is 92.4 Å². The Morgan fingerprint density at radius 3 is 3.07 bits per heavy atom. The second-order valence-corrected chi connectivity index (χ2v) is 4.25. The van der Waals surface area contributed by atoms with Crippen molar-refractivity contribution in [1.82, 2.24) is 7.96 Å². The van der Waals surface area contributed by atoms with Crippen LogP contribution in [-0.2, 0) is 4.79 Å². The molecule has 1 aromatic heterocycles. The van der Waals surface area contributed by atoms with E-state index in [9.17, 15) is 4.79 Å². The standard InChI is InChI=1S/C9H9N3O2Se/c1-5(9(13)14)10-6-3-2-4-7-8(6)12-15-11-7/h2-5,10H,1H3,(H,13,14). The van der Waals surface area contributed by atoms with Gasteiger partial charge in [0.15, 0.2) is 0 Å². The van der Waals surface area contributed by atoms with Crippen LogP contribution in [0.4, 0.5) is 5.69 Å². The molecule has 0 amide bonds. The van der Waals surface area contributed by atoms with Gasteiger partial charge in [-0.1, -0.05) is 0 Å². The van der Waals surface area contributed by atoms with Gasteiger partial charge in [-0.15, -0.1) is 0 Å². The second kappa shape index (κ2) is 4.00. The minimum atomic E-state index is -0.881. The Hall–Kier alpha value is -1.39. The molecule has 2 aromatic rings. The molecule has 1 aromatic carbocycles. The van der Waals surface area contributed by atoms with Crippen molar-refractivity contribution in [3.63, 3.8) is 0 Å². The topological polar surface area (TPSA) is 75.1 Å². The van der Waals surface area contributed by atoms with E-state index in [1.54, 1.807) is 6.92 Å². The third-order valence-corrected chi connectivity index (χ3v) is 3.17. The number of carbonyl (C=O) groups is 1. The number of nitrogens with one attached hydrogen (secondary N) is 1. The van der Waals surface area contributed by atoms with E-state index in [4.69, 9.17) is 5.11 Å². The van der Waals surface area contributed by atoms with Crippen molar-refractivity contribution in [3.8, 4) is 0 Å². The number of rotatable bonds is 3. The molecule has 6 heteroatoms. The van der Waals surface area contributed by atoms with Crippen LogP contribution in [0, 0.1) is 0 Å². The Morgan fingerprint density at radius 1 is 1.53 bits per heavy atom. The van der Waals surface area contributed by atoms with E-state index in [2.05, 4.69) is 13.3 Å². The van der Waals surface area contributed by atoms with Crippen molar-refractivity contribution >= 4 is 37.7 Å². The molecule has 0 aliphatic rings. The number of anilines is 1. The first-order chi connectivity index (χ1) is 7.18. The van der Waals surface area contributed by atoms with Crippen LogP contribution in [0.25, 0.3) is 11.0 Å². The second-order valence-electron chi connectivity index (χ2n) is 3.14. The van der Waals surface area contributed by atoms with Gasteiger partial charge in [0.2, 0.25) is 0 Å². The fourth-order valence-electron chi connectivity index (χ4n) is 1.22. The van der Waals surface area contributed by atoms with E-state index in [0.29, 0.717) is 0 Å². The zero-order chi connectivity index (χ0) is 10.8. The van der Waals surface area contributed by atoms with Crippen LogP contribution in [0.3, 0.4) is 0 Å². The third kappa shape index (κ3) is 2.00. The van der Waals surface area contributed by atoms with Crippen LogP contribution in [0.2, 0.25) is 0 Å². The van der Waals surface area contributed by atoms with E-state index >= 15 is 0 Å². The molecule has 0 aliphatic heterocycles. The molecule has 1 heterocycles. The van der Waals surface area contributed by atoms with Crippen LogP contribution in [-0.4, -0.2) is 40.0 Å². The van der Waals surface area contributed by atoms with Crippen LogP contribution < -0.4 is 5.32 Å². The number of carboxylic acids is 1. The molecule has 0 radical (unpaired) electrons. The van der Waals surface area contributed by atoms with Crippen molar-refractivity contribution < 1.29 is 9.90 Å². The first-order valence-corrected chi connectivity index (χ1v) is 5.92. The zero-order valence-electron chi connectivity index (χ0n) is 7.97. The van der Waals surface area contributed by atoms with Gasteiger partial charge < -0.3 is 0 Å². The summed E-state index contributed by atoms with van der Waals surface area (Å²) >= 11 is -0.0907. The minimum absolute atomic E-state index is 0.0907. The predicted molar refractivity (Wildman–Crippen MR) is 57.2 cm³/mol. The molecule has 0 fully saturated rings. The number of nitrogens with zero attached hydrogens (tertiary/aromatic N) is 2. The van der Waals surface area contributed by atoms with Gasteiger partial charge in [-0.05, 0) is 0 Å². The van der Waals surface area contributed by atoms with Gasteiger partial charge >= 0.3 is 92.0 Å². The summed E-state index contributed by atoms with van der Waals surface area (Å²) in [6.07, 6.45) is 0. The average Bonchev–Trinajstić information content (AvgIpc) is 2.66. The van der Waals surface area contributed by atoms with Crippen LogP contribution in [0.15, 0.2) is 18.2 Å². The SMILES string of the molecule is CC(Nc1cccc2n[se]nc12)C(=O)O. The molecule has 15 heavy (non-hydrogen) atoms. The molecular formula is C9H9N3O2Se. The molecule has 0 spiro atoms. The van der Waals surface area contributed by atoms with Crippen molar-refractivity contribution in [3.05, 3.63) is 18.2 Å². The molecule has 0 saturated heterocycles. The molecule has 1 atom stereocenters. The maximum absolute atomic E-state index is 10.7. The van der Waals surface area contributed by atoms with E-state index in [-0.39, 0.29) is 15.0 Å². The van der Waals surface area contributed by atoms with Gasteiger partial charge in [-0.2, -0.15) is 0 Å². The van der Waals surface area contributed by atoms with Gasteiger partial charge in [-0.25, -0.2) is 0 Å². The first kappa shape index (κ1) is 10.1. The number of hydrogen-bond acceptors (Lipinski definition) is 4. The van der Waals surface area contributed by atoms with Gasteiger partial charge in [0.25, 0.3) is 0 Å². The summed E-state index contributed by atoms with van der Waals surface area (Å²) in [5.41, 5.74) is 2.37. The summed E-state index contributed by atoms with van der Waals surface area (Å²) in [7, 11) is 0. The molecule has 5 nitrogen and oxygen atoms in total. The molecule has 2 rings (SSSR count). The zero-order valence-corrected chi connectivity index (χ0v) is 9.68. The quantitative estimate of drug-likeness (QED) is 0.798. The molecule has 0 saturated carbocycles. The molecule has 2 N–H and O–H groups in total. The van der Waals surface area contributed by atoms with E-state index in [1.165, 1.54) is 0 Å². The summed E-state index contributed by atoms with van der Waals surface area (Å²) in [5, 5.41) is 11.7. The van der Waals surface area contributed by atoms with Crippen LogP contribution in [0.5, 0.6) is 0 Å². The maximum atomic E-state index is 10.7. The number of aromatic nitrogens is 2. The number of hydrogen-bond donors (Lipinski definition) is 2. The van der Waals surface area contributed by atoms with E-state index in [0.717, 1.165) is 16.7 Å². The fraction of sp³-hybridized carbons (Fsp3) is 0.222. The van der Waals surface area contributed by atoms with E-state index < -0.39 is 12.0 Å². The van der Waals surface area contributed by atoms with Crippen molar-refractivity contribution in [2.45, 2.75) is 13.0 Å². The molecule has 0 aliphatic carbocycles. The predicted octanol–water partition coefficient (Wildman–Crippen LogP) is 0.572. The number of carboxylic acid groups (broad SMARTS) is 1. The Bertz CT molecular complexity index is 497. The fourth-order valence-corrected chi connectivity index (χ4v) is 2.37. The Kier molecular flexibility index (Phi) is 2.70. The van der Waals surface area contributed by atoms with Gasteiger partial charge in [0.05, 0.1) is 0 Å². The van der Waals surface area contributed by atoms with Gasteiger partial charge in [0.1, 0.15) is 0 Å². The number of fused-ring (bicyclic) bond motifs is 1. The summed E-state index contributed by atoms with van der Waals surface area (Å²) in [4.78, 5) is 10.7. The average molecular weight is 270 g/mol. The van der Waals surface area contributed by atoms with Crippen LogP contribution >= 0.6 is 0 Å². The van der Waals surface area contributed by atoms with Crippen molar-refractivity contribution in [1.29, 1.82) is 0 Å². The van der Waals surface area contributed by atoms with Gasteiger partial charge in [0, 0.05) is 0 Å². The molecule has 1 unspecified atom stereocenters. The van der Waals surface area contributed by atoms with E-state index in [1.807, 2.05) is 18.2 Å². The summed E-state index contributed by atoms with van der Waals surface area (Å²) in [5.74, 6) is -0.881. The molecular weight excluding hydrogens is 261 g/mol. The number of aliphatic carboxylic acids is 1. The summed E-state index contributed by atoms with van der Waals surface area (Å²) in [6, 6.07) is 4.92.